The van der Waals surface area contributed by atoms with E-state index < -0.39 is 14.8 Å². The number of rotatable bonds is 4. The summed E-state index contributed by atoms with van der Waals surface area (Å²) in [7, 11) is 0. The highest BCUT2D eigenvalue weighted by atomic mass is 27.2. The highest BCUT2D eigenvalue weighted by Gasteiger charge is 2.26. The van der Waals surface area contributed by atoms with E-state index in [-0.39, 0.29) is 0 Å². The first kappa shape index (κ1) is 15.0. The molecule has 0 aliphatic rings. The fourth-order valence-corrected chi connectivity index (χ4v) is 3.87. The van der Waals surface area contributed by atoms with Crippen LogP contribution in [0.2, 0.25) is 5.79 Å². The summed E-state index contributed by atoms with van der Waals surface area (Å²) in [6, 6.07) is 19.8. The number of benzene rings is 2. The van der Waals surface area contributed by atoms with Crippen molar-refractivity contribution in [2.75, 3.05) is 0 Å². The predicted octanol–water partition coefficient (Wildman–Crippen LogP) is 4.36. The quantitative estimate of drug-likeness (QED) is 0.522. The normalized spacial score (nSPS) is 10.7. The van der Waals surface area contributed by atoms with Gasteiger partial charge in [0.1, 0.15) is 22.5 Å². The maximum absolute atomic E-state index is 6.11. The lowest BCUT2D eigenvalue weighted by Crippen LogP contribution is -2.26. The number of nitrogens with zero attached hydrogens (tertiary/aromatic N) is 2. The van der Waals surface area contributed by atoms with Crippen LogP contribution in [-0.2, 0) is 0 Å². The SMILES string of the molecule is [CH3][Al]([O]c1cccc2cccnc12)[O]c1cccc2cccnc12. The minimum Gasteiger partial charge on any atom is -0.610 e. The smallest absolute Gasteiger partial charge is 0.610 e. The van der Waals surface area contributed by atoms with E-state index in [0.717, 1.165) is 33.3 Å². The molecule has 2 aromatic carbocycles. The molecule has 0 bridgehead atoms. The fraction of sp³-hybridized carbons (Fsp3) is 0.0526. The Labute approximate surface area is 144 Å². The van der Waals surface area contributed by atoms with Gasteiger partial charge in [-0.25, -0.2) is 0 Å². The van der Waals surface area contributed by atoms with Crippen molar-refractivity contribution >= 4 is 36.6 Å². The van der Waals surface area contributed by atoms with Gasteiger partial charge in [0.05, 0.1) is 0 Å². The molecule has 0 radical (unpaired) electrons. The third-order valence-corrected chi connectivity index (χ3v) is 4.95. The van der Waals surface area contributed by atoms with E-state index in [0.29, 0.717) is 0 Å². The number of pyridine rings is 2. The minimum atomic E-state index is -1.95. The van der Waals surface area contributed by atoms with Crippen molar-refractivity contribution in [2.24, 2.45) is 0 Å². The molecule has 0 unspecified atom stereocenters. The molecule has 5 heteroatoms. The van der Waals surface area contributed by atoms with Gasteiger partial charge in [-0.2, -0.15) is 0 Å². The molecule has 4 rings (SSSR count). The molecule has 0 fully saturated rings. The summed E-state index contributed by atoms with van der Waals surface area (Å²) in [6.07, 6.45) is 3.55. The van der Waals surface area contributed by atoms with Crippen molar-refractivity contribution in [1.29, 1.82) is 0 Å². The Morgan fingerprint density at radius 3 is 1.62 bits per heavy atom. The third-order valence-electron chi connectivity index (χ3n) is 3.78. The molecule has 0 atom stereocenters. The summed E-state index contributed by atoms with van der Waals surface area (Å²) in [4.78, 5) is 8.84. The summed E-state index contributed by atoms with van der Waals surface area (Å²) in [5.74, 6) is 3.53. The van der Waals surface area contributed by atoms with Crippen molar-refractivity contribution in [1.82, 2.24) is 9.97 Å². The van der Waals surface area contributed by atoms with Crippen molar-refractivity contribution < 1.29 is 7.58 Å². The van der Waals surface area contributed by atoms with Gasteiger partial charge in [0.15, 0.2) is 0 Å². The fourth-order valence-electron chi connectivity index (χ4n) is 2.72. The van der Waals surface area contributed by atoms with E-state index in [1.54, 1.807) is 12.4 Å². The maximum atomic E-state index is 6.11. The van der Waals surface area contributed by atoms with E-state index in [4.69, 9.17) is 7.58 Å². The lowest BCUT2D eigenvalue weighted by Gasteiger charge is -2.15. The summed E-state index contributed by atoms with van der Waals surface area (Å²) in [6.45, 7) is 0. The van der Waals surface area contributed by atoms with Gasteiger partial charge in [-0.3, -0.25) is 9.97 Å². The van der Waals surface area contributed by atoms with Gasteiger partial charge >= 0.3 is 14.8 Å². The van der Waals surface area contributed by atoms with E-state index >= 15 is 0 Å². The average molecular weight is 330 g/mol. The van der Waals surface area contributed by atoms with Crippen molar-refractivity contribution in [3.8, 4) is 11.5 Å². The molecular formula is C19H15AlN2O2. The van der Waals surface area contributed by atoms with Gasteiger partial charge in [0, 0.05) is 23.2 Å². The molecule has 116 valence electrons. The number of para-hydroxylation sites is 2. The monoisotopic (exact) mass is 330 g/mol. The standard InChI is InChI=1S/2C9H7NO.CH3.Al/c2*11-8-5-1-3-7-4-2-6-10-9(7)8;;/h2*1-6,11H;1H3;/q;;;+2/p-2. The van der Waals surface area contributed by atoms with Gasteiger partial charge in [-0.1, -0.05) is 36.4 Å². The van der Waals surface area contributed by atoms with E-state index in [1.165, 1.54) is 0 Å². The molecule has 0 spiro atoms. The first-order valence-electron chi connectivity index (χ1n) is 7.82. The molecular weight excluding hydrogens is 315 g/mol. The Morgan fingerprint density at radius 1 is 0.667 bits per heavy atom. The molecule has 4 nitrogen and oxygen atoms in total. The molecule has 0 N–H and O–H groups in total. The van der Waals surface area contributed by atoms with Crippen LogP contribution in [-0.4, -0.2) is 24.8 Å². The predicted molar refractivity (Wildman–Crippen MR) is 96.4 cm³/mol. The molecule has 24 heavy (non-hydrogen) atoms. The average Bonchev–Trinajstić information content (AvgIpc) is 2.62. The second-order valence-electron chi connectivity index (χ2n) is 5.47. The van der Waals surface area contributed by atoms with E-state index in [9.17, 15) is 0 Å². The van der Waals surface area contributed by atoms with Gasteiger partial charge in [0.2, 0.25) is 0 Å². The summed E-state index contributed by atoms with van der Waals surface area (Å²) in [5.41, 5.74) is 1.72. The van der Waals surface area contributed by atoms with Crippen molar-refractivity contribution in [3.63, 3.8) is 0 Å². The van der Waals surface area contributed by atoms with Gasteiger partial charge in [-0.05, 0) is 30.1 Å². The zero-order valence-corrected chi connectivity index (χ0v) is 14.4. The lowest BCUT2D eigenvalue weighted by atomic mass is 10.2. The lowest BCUT2D eigenvalue weighted by molar-refractivity contribution is 0.435. The molecule has 0 aliphatic carbocycles. The second-order valence-corrected chi connectivity index (χ2v) is 7.07. The first-order chi connectivity index (χ1) is 11.8. The van der Waals surface area contributed by atoms with Crippen LogP contribution >= 0.6 is 0 Å². The topological polar surface area (TPSA) is 44.2 Å². The molecule has 0 saturated heterocycles. The van der Waals surface area contributed by atoms with Crippen molar-refractivity contribution in [3.05, 3.63) is 73.1 Å². The number of fused-ring (bicyclic) bond motifs is 2. The van der Waals surface area contributed by atoms with Crippen LogP contribution in [0.3, 0.4) is 0 Å². The summed E-state index contributed by atoms with van der Waals surface area (Å²) < 4.78 is 12.2. The van der Waals surface area contributed by atoms with Crippen LogP contribution in [0, 0.1) is 0 Å². The first-order valence-corrected chi connectivity index (χ1v) is 9.92. The molecule has 2 aromatic heterocycles. The molecule has 0 aliphatic heterocycles. The number of hydrogen-bond donors (Lipinski definition) is 0. The highest BCUT2D eigenvalue weighted by Crippen LogP contribution is 2.26. The Bertz CT molecular complexity index is 915. The van der Waals surface area contributed by atoms with E-state index in [2.05, 4.69) is 9.97 Å². The Morgan fingerprint density at radius 2 is 1.12 bits per heavy atom. The minimum absolute atomic E-state index is 0.764. The van der Waals surface area contributed by atoms with Gasteiger partial charge < -0.3 is 7.58 Å². The summed E-state index contributed by atoms with van der Waals surface area (Å²) in [5, 5.41) is 2.12. The number of hydrogen-bond acceptors (Lipinski definition) is 4. The van der Waals surface area contributed by atoms with Crippen LogP contribution in [0.25, 0.3) is 21.8 Å². The highest BCUT2D eigenvalue weighted by molar-refractivity contribution is 6.44. The van der Waals surface area contributed by atoms with Gasteiger partial charge in [0.25, 0.3) is 0 Å². The maximum Gasteiger partial charge on any atom is 0.853 e. The second kappa shape index (κ2) is 6.48. The summed E-state index contributed by atoms with van der Waals surface area (Å²) >= 11 is -1.95. The van der Waals surface area contributed by atoms with Crippen molar-refractivity contribution in [2.45, 2.75) is 5.79 Å². The van der Waals surface area contributed by atoms with Crippen LogP contribution in [0.4, 0.5) is 0 Å². The molecule has 4 aromatic rings. The van der Waals surface area contributed by atoms with Gasteiger partial charge in [-0.15, -0.1) is 0 Å². The zero-order chi connectivity index (χ0) is 16.4. The van der Waals surface area contributed by atoms with Crippen LogP contribution in [0.5, 0.6) is 11.5 Å². The Hall–Kier alpha value is -2.61. The van der Waals surface area contributed by atoms with E-state index in [1.807, 2.05) is 66.4 Å². The van der Waals surface area contributed by atoms with Crippen LogP contribution in [0.1, 0.15) is 0 Å². The Balaban J connectivity index is 1.61. The Kier molecular flexibility index (Phi) is 4.04. The largest absolute Gasteiger partial charge is 0.853 e. The number of aromatic nitrogens is 2. The zero-order valence-electron chi connectivity index (χ0n) is 13.2. The molecule has 2 heterocycles. The third kappa shape index (κ3) is 2.92. The van der Waals surface area contributed by atoms with Crippen LogP contribution < -0.4 is 7.58 Å². The van der Waals surface area contributed by atoms with Crippen LogP contribution in [0.15, 0.2) is 73.1 Å². The molecule has 0 saturated carbocycles. The molecule has 0 amide bonds.